The maximum Gasteiger partial charge on any atom is 0.255 e. The summed E-state index contributed by atoms with van der Waals surface area (Å²) in [5.74, 6) is -0.228. The van der Waals surface area contributed by atoms with Gasteiger partial charge in [-0.2, -0.15) is 5.10 Å². The van der Waals surface area contributed by atoms with Gasteiger partial charge in [-0.15, -0.1) is 0 Å². The first kappa shape index (κ1) is 26.0. The number of amides is 1. The highest BCUT2D eigenvalue weighted by atomic mass is 16.3. The van der Waals surface area contributed by atoms with Crippen molar-refractivity contribution in [2.75, 3.05) is 17.4 Å². The number of rotatable bonds is 7. The molecule has 0 atom stereocenters. The van der Waals surface area contributed by atoms with E-state index in [1.165, 1.54) is 0 Å². The lowest BCUT2D eigenvalue weighted by atomic mass is 9.85. The lowest BCUT2D eigenvalue weighted by Gasteiger charge is -2.21. The van der Waals surface area contributed by atoms with E-state index in [-0.39, 0.29) is 17.9 Å². The molecule has 2 aromatic carbocycles. The van der Waals surface area contributed by atoms with Gasteiger partial charge in [0.05, 0.1) is 37.4 Å². The normalized spacial score (nSPS) is 12.1. The van der Waals surface area contributed by atoms with Gasteiger partial charge in [0, 0.05) is 29.6 Å². The fourth-order valence-electron chi connectivity index (χ4n) is 3.80. The average molecular weight is 478 g/mol. The van der Waals surface area contributed by atoms with Crippen molar-refractivity contribution in [2.45, 2.75) is 46.6 Å². The van der Waals surface area contributed by atoms with Crippen molar-refractivity contribution in [2.24, 2.45) is 12.8 Å². The molecule has 0 aliphatic rings. The Hall–Kier alpha value is -3.62. The Labute approximate surface area is 207 Å². The van der Waals surface area contributed by atoms with Gasteiger partial charge in [-0.3, -0.25) is 9.48 Å². The molecule has 6 N–H and O–H groups in total. The SMILES string of the molecule is C[NH2+]N(C=C(N)c1cnn(C)c1C)c1cc(NC(=O)c2cc(CO)cc(C(C)(C)C)c2)ccc1C. The van der Waals surface area contributed by atoms with E-state index in [4.69, 9.17) is 5.73 Å². The zero-order chi connectivity index (χ0) is 25.9. The third-order valence-electron chi connectivity index (χ3n) is 6.15. The molecule has 0 aliphatic heterocycles. The Balaban J connectivity index is 1.91. The van der Waals surface area contributed by atoms with Crippen LogP contribution in [0, 0.1) is 13.8 Å². The monoisotopic (exact) mass is 477 g/mol. The van der Waals surface area contributed by atoms with Gasteiger partial charge in [-0.1, -0.05) is 32.9 Å². The number of nitrogens with two attached hydrogens (primary N) is 2. The van der Waals surface area contributed by atoms with Crippen LogP contribution in [0.3, 0.4) is 0 Å². The zero-order valence-electron chi connectivity index (χ0n) is 21.7. The summed E-state index contributed by atoms with van der Waals surface area (Å²) in [4.78, 5) is 13.1. The molecular formula is C27H37N6O2+. The Morgan fingerprint density at radius 1 is 1.23 bits per heavy atom. The fourth-order valence-corrected chi connectivity index (χ4v) is 3.80. The molecule has 0 aliphatic carbocycles. The quantitative estimate of drug-likeness (QED) is 0.309. The lowest BCUT2D eigenvalue weighted by molar-refractivity contribution is -0.632. The minimum Gasteiger partial charge on any atom is -0.397 e. The van der Waals surface area contributed by atoms with Crippen molar-refractivity contribution < 1.29 is 15.3 Å². The molecule has 0 spiro atoms. The number of quaternary nitrogens is 1. The molecule has 0 bridgehead atoms. The number of hydrogen-bond donors (Lipinski definition) is 4. The van der Waals surface area contributed by atoms with Crippen molar-refractivity contribution >= 4 is 23.0 Å². The number of anilines is 2. The first-order valence-corrected chi connectivity index (χ1v) is 11.7. The van der Waals surface area contributed by atoms with Gasteiger partial charge in [0.15, 0.2) is 0 Å². The highest BCUT2D eigenvalue weighted by molar-refractivity contribution is 6.04. The van der Waals surface area contributed by atoms with Gasteiger partial charge < -0.3 is 16.2 Å². The molecule has 0 saturated heterocycles. The topological polar surface area (TPSA) is 113 Å². The molecule has 35 heavy (non-hydrogen) atoms. The summed E-state index contributed by atoms with van der Waals surface area (Å²) in [7, 11) is 3.81. The van der Waals surface area contributed by atoms with Crippen LogP contribution in [-0.2, 0) is 19.1 Å². The Morgan fingerprint density at radius 3 is 2.51 bits per heavy atom. The second kappa shape index (κ2) is 10.3. The van der Waals surface area contributed by atoms with E-state index >= 15 is 0 Å². The molecular weight excluding hydrogens is 440 g/mol. The number of aliphatic hydroxyl groups excluding tert-OH is 1. The molecule has 186 valence electrons. The number of carbonyl (C=O) groups excluding carboxylic acids is 1. The second-order valence-electron chi connectivity index (χ2n) is 9.80. The molecule has 8 nitrogen and oxygen atoms in total. The summed E-state index contributed by atoms with van der Waals surface area (Å²) < 4.78 is 1.79. The van der Waals surface area contributed by atoms with Crippen molar-refractivity contribution in [3.05, 3.63) is 82.3 Å². The maximum absolute atomic E-state index is 13.1. The van der Waals surface area contributed by atoms with Crippen LogP contribution in [-0.4, -0.2) is 27.8 Å². The molecule has 1 heterocycles. The summed E-state index contributed by atoms with van der Waals surface area (Å²) >= 11 is 0. The predicted octanol–water partition coefficient (Wildman–Crippen LogP) is 2.95. The lowest BCUT2D eigenvalue weighted by Crippen LogP contribution is -2.89. The summed E-state index contributed by atoms with van der Waals surface area (Å²) in [6.45, 7) is 10.1. The van der Waals surface area contributed by atoms with Crippen LogP contribution < -0.4 is 21.5 Å². The highest BCUT2D eigenvalue weighted by Gasteiger charge is 2.19. The van der Waals surface area contributed by atoms with Crippen molar-refractivity contribution in [1.82, 2.24) is 9.78 Å². The number of hydrogen-bond acceptors (Lipinski definition) is 5. The summed E-state index contributed by atoms with van der Waals surface area (Å²) in [6, 6.07) is 11.3. The summed E-state index contributed by atoms with van der Waals surface area (Å²) in [5.41, 5.74) is 15.4. The number of benzene rings is 2. The first-order chi connectivity index (χ1) is 16.4. The van der Waals surface area contributed by atoms with Crippen LogP contribution in [0.4, 0.5) is 11.4 Å². The molecule has 3 aromatic rings. The molecule has 3 rings (SSSR count). The van der Waals surface area contributed by atoms with Gasteiger partial charge >= 0.3 is 0 Å². The van der Waals surface area contributed by atoms with Gasteiger partial charge in [-0.25, -0.2) is 10.4 Å². The van der Waals surface area contributed by atoms with Gasteiger partial charge in [-0.05, 0) is 60.2 Å². The van der Waals surface area contributed by atoms with E-state index in [1.54, 1.807) is 16.9 Å². The standard InChI is InChI=1S/C27H36N6O2/c1-17-8-9-22(31-26(35)20-10-19(16-34)11-21(12-20)27(3,4)5)13-25(17)33(29-6)15-24(28)23-14-30-32(7)18(23)2/h8-15,29,34H,16,28H2,1-7H3,(H,31,35)/p+1. The van der Waals surface area contributed by atoms with Crippen LogP contribution in [0.2, 0.25) is 0 Å². The van der Waals surface area contributed by atoms with E-state index < -0.39 is 0 Å². The Morgan fingerprint density at radius 2 is 1.94 bits per heavy atom. The number of aryl methyl sites for hydroxylation is 2. The summed E-state index contributed by atoms with van der Waals surface area (Å²) in [6.07, 6.45) is 3.61. The minimum atomic E-state index is -0.228. The second-order valence-corrected chi connectivity index (χ2v) is 9.80. The van der Waals surface area contributed by atoms with E-state index in [9.17, 15) is 9.90 Å². The first-order valence-electron chi connectivity index (χ1n) is 11.7. The number of nitrogens with one attached hydrogen (secondary N) is 1. The van der Waals surface area contributed by atoms with Gasteiger partial charge in [0.2, 0.25) is 0 Å². The van der Waals surface area contributed by atoms with Crippen LogP contribution in [0.5, 0.6) is 0 Å². The van der Waals surface area contributed by atoms with Crippen LogP contribution in [0.1, 0.15) is 59.1 Å². The van der Waals surface area contributed by atoms with E-state index in [1.807, 2.05) is 74.9 Å². The van der Waals surface area contributed by atoms with Crippen LogP contribution >= 0.6 is 0 Å². The fraction of sp³-hybridized carbons (Fsp3) is 0.333. The summed E-state index contributed by atoms with van der Waals surface area (Å²) in [5, 5.41) is 18.9. The van der Waals surface area contributed by atoms with Crippen molar-refractivity contribution in [3.8, 4) is 0 Å². The number of aromatic nitrogens is 2. The molecule has 0 radical (unpaired) electrons. The predicted molar refractivity (Wildman–Crippen MR) is 141 cm³/mol. The zero-order valence-corrected chi connectivity index (χ0v) is 21.7. The number of nitrogens with zero attached hydrogens (tertiary/aromatic N) is 3. The third kappa shape index (κ3) is 5.90. The molecule has 8 heteroatoms. The highest BCUT2D eigenvalue weighted by Crippen LogP contribution is 2.27. The van der Waals surface area contributed by atoms with Crippen molar-refractivity contribution in [3.63, 3.8) is 0 Å². The van der Waals surface area contributed by atoms with Crippen LogP contribution in [0.25, 0.3) is 5.70 Å². The Bertz CT molecular complexity index is 1250. The van der Waals surface area contributed by atoms with E-state index in [2.05, 4.69) is 31.2 Å². The van der Waals surface area contributed by atoms with Gasteiger partial charge in [0.25, 0.3) is 5.91 Å². The number of aliphatic hydroxyl groups is 1. The smallest absolute Gasteiger partial charge is 0.255 e. The maximum atomic E-state index is 13.1. The molecule has 0 saturated carbocycles. The van der Waals surface area contributed by atoms with Crippen LogP contribution in [0.15, 0.2) is 48.8 Å². The van der Waals surface area contributed by atoms with E-state index in [0.29, 0.717) is 22.5 Å². The third-order valence-corrected chi connectivity index (χ3v) is 6.15. The average Bonchev–Trinajstić information content (AvgIpc) is 3.16. The van der Waals surface area contributed by atoms with Crippen molar-refractivity contribution in [1.29, 1.82) is 0 Å². The molecule has 1 aromatic heterocycles. The molecule has 0 unspecified atom stereocenters. The Kier molecular flexibility index (Phi) is 7.67. The number of carbonyl (C=O) groups is 1. The van der Waals surface area contributed by atoms with E-state index in [0.717, 1.165) is 28.1 Å². The largest absolute Gasteiger partial charge is 0.397 e. The molecule has 1 amide bonds. The molecule has 0 fully saturated rings. The minimum absolute atomic E-state index is 0.121. The van der Waals surface area contributed by atoms with Gasteiger partial charge in [0.1, 0.15) is 0 Å².